The molecule has 2 aromatic rings. The second-order valence-corrected chi connectivity index (χ2v) is 7.92. The van der Waals surface area contributed by atoms with Gasteiger partial charge in [0, 0.05) is 35.2 Å². The van der Waals surface area contributed by atoms with Gasteiger partial charge in [-0.2, -0.15) is 0 Å². The summed E-state index contributed by atoms with van der Waals surface area (Å²) in [6.45, 7) is 0.821. The first kappa shape index (κ1) is 17.4. The van der Waals surface area contributed by atoms with Crippen molar-refractivity contribution in [3.8, 4) is 0 Å². The summed E-state index contributed by atoms with van der Waals surface area (Å²) in [5, 5.41) is 16.9. The van der Waals surface area contributed by atoms with Gasteiger partial charge in [0.05, 0.1) is 12.6 Å². The Balaban J connectivity index is 1.34. The number of urea groups is 1. The van der Waals surface area contributed by atoms with Gasteiger partial charge in [-0.05, 0) is 50.8 Å². The predicted molar refractivity (Wildman–Crippen MR) is 102 cm³/mol. The minimum Gasteiger partial charge on any atom is -0.394 e. The number of fused-ring (bicyclic) bond motifs is 1. The van der Waals surface area contributed by atoms with E-state index < -0.39 is 0 Å². The van der Waals surface area contributed by atoms with Crippen molar-refractivity contribution in [2.45, 2.75) is 49.7 Å². The van der Waals surface area contributed by atoms with Crippen LogP contribution >= 0.6 is 0 Å². The third-order valence-electron chi connectivity index (χ3n) is 6.25. The fraction of sp³-hybridized carbons (Fsp3) is 0.550. The molecule has 2 atom stereocenters. The van der Waals surface area contributed by atoms with Crippen molar-refractivity contribution in [1.29, 1.82) is 0 Å². The number of likely N-dealkylation sites (tertiary alicyclic amines) is 1. The second-order valence-electron chi connectivity index (χ2n) is 7.92. The van der Waals surface area contributed by atoms with Gasteiger partial charge in [-0.25, -0.2) is 4.79 Å². The van der Waals surface area contributed by atoms with E-state index >= 15 is 0 Å². The number of nitrogens with one attached hydrogen (secondary N) is 3. The average molecular weight is 356 g/mol. The Labute approximate surface area is 154 Å². The molecule has 1 aromatic carbocycles. The maximum absolute atomic E-state index is 12.4. The number of nitrogens with zero attached hydrogens (tertiary/aromatic N) is 1. The Kier molecular flexibility index (Phi) is 4.63. The maximum atomic E-state index is 12.4. The monoisotopic (exact) mass is 356 g/mol. The van der Waals surface area contributed by atoms with Gasteiger partial charge >= 0.3 is 6.03 Å². The van der Waals surface area contributed by atoms with Crippen molar-refractivity contribution in [1.82, 2.24) is 20.5 Å². The molecule has 2 amide bonds. The molecule has 1 aromatic heterocycles. The molecule has 6 nitrogen and oxygen atoms in total. The number of aliphatic hydroxyl groups is 1. The molecule has 6 heteroatoms. The molecule has 2 aliphatic rings. The van der Waals surface area contributed by atoms with Crippen LogP contribution in [-0.2, 0) is 6.42 Å². The van der Waals surface area contributed by atoms with Crippen molar-refractivity contribution in [2.24, 2.45) is 0 Å². The Bertz CT molecular complexity index is 783. The lowest BCUT2D eigenvalue weighted by molar-refractivity contribution is 0.0801. The zero-order valence-electron chi connectivity index (χ0n) is 15.3. The van der Waals surface area contributed by atoms with Crippen LogP contribution in [0.4, 0.5) is 4.79 Å². The van der Waals surface area contributed by atoms with E-state index in [4.69, 9.17) is 0 Å². The van der Waals surface area contributed by atoms with Gasteiger partial charge in [-0.3, -0.25) is 4.90 Å². The Hall–Kier alpha value is -2.05. The molecule has 1 spiro atoms. The van der Waals surface area contributed by atoms with Crippen LogP contribution in [0.2, 0.25) is 0 Å². The van der Waals surface area contributed by atoms with E-state index in [1.54, 1.807) is 0 Å². The first-order valence-corrected chi connectivity index (χ1v) is 9.54. The molecule has 1 saturated carbocycles. The number of para-hydroxylation sites is 1. The summed E-state index contributed by atoms with van der Waals surface area (Å²) in [6.07, 6.45) is 7.36. The van der Waals surface area contributed by atoms with Gasteiger partial charge in [0.15, 0.2) is 0 Å². The van der Waals surface area contributed by atoms with Gasteiger partial charge in [-0.15, -0.1) is 0 Å². The smallest absolute Gasteiger partial charge is 0.315 e. The van der Waals surface area contributed by atoms with E-state index in [1.165, 1.54) is 19.3 Å². The summed E-state index contributed by atoms with van der Waals surface area (Å²) in [5.74, 6) is 0. The number of aromatic amines is 1. The largest absolute Gasteiger partial charge is 0.394 e. The first-order chi connectivity index (χ1) is 12.6. The van der Waals surface area contributed by atoms with Gasteiger partial charge in [0.2, 0.25) is 0 Å². The molecular weight excluding hydrogens is 328 g/mol. The molecule has 2 fully saturated rings. The molecule has 26 heavy (non-hydrogen) atoms. The first-order valence-electron chi connectivity index (χ1n) is 9.54. The number of aromatic nitrogens is 1. The van der Waals surface area contributed by atoms with Crippen LogP contribution in [0.25, 0.3) is 10.9 Å². The second kappa shape index (κ2) is 6.93. The average Bonchev–Trinajstić information content (AvgIpc) is 3.15. The molecule has 140 valence electrons. The maximum Gasteiger partial charge on any atom is 0.315 e. The summed E-state index contributed by atoms with van der Waals surface area (Å²) in [4.78, 5) is 18.1. The lowest BCUT2D eigenvalue weighted by atomic mass is 9.74. The van der Waals surface area contributed by atoms with Gasteiger partial charge < -0.3 is 20.7 Å². The lowest BCUT2D eigenvalue weighted by Crippen LogP contribution is -2.49. The van der Waals surface area contributed by atoms with Crippen LogP contribution in [0.3, 0.4) is 0 Å². The summed E-state index contributed by atoms with van der Waals surface area (Å²) < 4.78 is 0. The highest BCUT2D eigenvalue weighted by Crippen LogP contribution is 2.44. The van der Waals surface area contributed by atoms with Crippen molar-refractivity contribution < 1.29 is 9.90 Å². The highest BCUT2D eigenvalue weighted by molar-refractivity contribution is 5.83. The zero-order valence-corrected chi connectivity index (χ0v) is 15.3. The number of hydrogen-bond donors (Lipinski definition) is 4. The highest BCUT2D eigenvalue weighted by Gasteiger charge is 2.47. The van der Waals surface area contributed by atoms with Crippen LogP contribution in [-0.4, -0.2) is 58.8 Å². The molecule has 1 aliphatic carbocycles. The number of H-pyrrole nitrogens is 1. The molecule has 2 heterocycles. The van der Waals surface area contributed by atoms with Gasteiger partial charge in [-0.1, -0.05) is 18.2 Å². The third kappa shape index (κ3) is 3.19. The number of likely N-dealkylation sites (N-methyl/N-ethyl adjacent to an activating group) is 1. The van der Waals surface area contributed by atoms with Crippen molar-refractivity contribution in [3.05, 3.63) is 36.0 Å². The molecule has 2 unspecified atom stereocenters. The standard InChI is InChI=1S/C20H28N4O2/c1-24-12-16(10-20(24)7-4-8-20)23-19(26)22-15(13-25)9-14-11-21-18-6-3-2-5-17(14)18/h2-3,5-6,11,15-16,21,25H,4,7-10,12-13H2,1H3,(H2,22,23,26). The van der Waals surface area contributed by atoms with Crippen molar-refractivity contribution in [2.75, 3.05) is 20.2 Å². The highest BCUT2D eigenvalue weighted by atomic mass is 16.3. The van der Waals surface area contributed by atoms with E-state index in [2.05, 4.69) is 33.6 Å². The van der Waals surface area contributed by atoms with E-state index in [0.29, 0.717) is 12.0 Å². The van der Waals surface area contributed by atoms with Crippen molar-refractivity contribution in [3.63, 3.8) is 0 Å². The van der Waals surface area contributed by atoms with Crippen LogP contribution in [0, 0.1) is 0 Å². The topological polar surface area (TPSA) is 80.4 Å². The Morgan fingerprint density at radius 3 is 2.92 bits per heavy atom. The number of amides is 2. The van der Waals surface area contributed by atoms with Crippen LogP contribution in [0.5, 0.6) is 0 Å². The quantitative estimate of drug-likeness (QED) is 0.661. The number of hydrogen-bond acceptors (Lipinski definition) is 3. The van der Waals surface area contributed by atoms with Crippen molar-refractivity contribution >= 4 is 16.9 Å². The van der Waals surface area contributed by atoms with E-state index in [9.17, 15) is 9.90 Å². The minimum atomic E-state index is -0.300. The fourth-order valence-electron chi connectivity index (χ4n) is 4.61. The van der Waals surface area contributed by atoms with Gasteiger partial charge in [0.25, 0.3) is 0 Å². The normalized spacial score (nSPS) is 23.1. The Morgan fingerprint density at radius 1 is 1.42 bits per heavy atom. The van der Waals surface area contributed by atoms with E-state index in [-0.39, 0.29) is 24.7 Å². The van der Waals surface area contributed by atoms with Gasteiger partial charge in [0.1, 0.15) is 0 Å². The van der Waals surface area contributed by atoms with E-state index in [1.807, 2.05) is 24.4 Å². The molecule has 1 saturated heterocycles. The molecule has 0 radical (unpaired) electrons. The number of carbonyl (C=O) groups excluding carboxylic acids is 1. The van der Waals surface area contributed by atoms with Crippen LogP contribution in [0.1, 0.15) is 31.2 Å². The number of aliphatic hydroxyl groups excluding tert-OH is 1. The van der Waals surface area contributed by atoms with Crippen LogP contribution in [0.15, 0.2) is 30.5 Å². The minimum absolute atomic E-state index is 0.0819. The molecule has 1 aliphatic heterocycles. The van der Waals surface area contributed by atoms with E-state index in [0.717, 1.165) is 29.4 Å². The molecular formula is C20H28N4O2. The van der Waals surface area contributed by atoms with Crippen LogP contribution < -0.4 is 10.6 Å². The molecule has 0 bridgehead atoms. The number of benzene rings is 1. The summed E-state index contributed by atoms with van der Waals surface area (Å²) in [7, 11) is 2.16. The molecule has 4 N–H and O–H groups in total. The number of carbonyl (C=O) groups is 1. The summed E-state index contributed by atoms with van der Waals surface area (Å²) in [6, 6.07) is 7.78. The molecule has 4 rings (SSSR count). The predicted octanol–water partition coefficient (Wildman–Crippen LogP) is 2.00. The fourth-order valence-corrected chi connectivity index (χ4v) is 4.61. The Morgan fingerprint density at radius 2 is 2.23 bits per heavy atom. The zero-order chi connectivity index (χ0) is 18.1. The summed E-state index contributed by atoms with van der Waals surface area (Å²) >= 11 is 0. The third-order valence-corrected chi connectivity index (χ3v) is 6.25. The number of rotatable bonds is 5. The summed E-state index contributed by atoms with van der Waals surface area (Å²) in [5.41, 5.74) is 2.50. The SMILES string of the molecule is CN1CC(NC(=O)NC(CO)Cc2c[nH]c3ccccc23)CC12CCC2. The lowest BCUT2D eigenvalue weighted by Gasteiger charge is -2.44.